The van der Waals surface area contributed by atoms with E-state index in [4.69, 9.17) is 4.74 Å². The van der Waals surface area contributed by atoms with Gasteiger partial charge in [0.1, 0.15) is 17.3 Å². The molecule has 2 heterocycles. The predicted molar refractivity (Wildman–Crippen MR) is 116 cm³/mol. The molecule has 0 amide bonds. The first-order valence-electron chi connectivity index (χ1n) is 10.0. The number of hydrogen-bond acceptors (Lipinski definition) is 5. The van der Waals surface area contributed by atoms with E-state index < -0.39 is 23.1 Å². The summed E-state index contributed by atoms with van der Waals surface area (Å²) in [5.74, 6) is -0.832. The van der Waals surface area contributed by atoms with Gasteiger partial charge in [-0.15, -0.1) is 0 Å². The number of aliphatic hydroxyl groups is 1. The Bertz CT molecular complexity index is 1240. The minimum Gasteiger partial charge on any atom is -0.461 e. The largest absolute Gasteiger partial charge is 0.461 e. The van der Waals surface area contributed by atoms with E-state index >= 15 is 0 Å². The van der Waals surface area contributed by atoms with Crippen molar-refractivity contribution in [3.8, 4) is 6.07 Å². The summed E-state index contributed by atoms with van der Waals surface area (Å²) in [6.07, 6.45) is 0.0869. The van der Waals surface area contributed by atoms with Crippen molar-refractivity contribution in [1.82, 2.24) is 9.55 Å². The molecule has 2 aromatic heterocycles. The lowest BCUT2D eigenvalue weighted by Gasteiger charge is -2.20. The summed E-state index contributed by atoms with van der Waals surface area (Å²) in [5, 5.41) is 19.4. The maximum Gasteiger partial charge on any atom is 0.416 e. The molecule has 1 aromatic carbocycles. The Kier molecular flexibility index (Phi) is 6.89. The second-order valence-electron chi connectivity index (χ2n) is 8.35. The van der Waals surface area contributed by atoms with E-state index in [2.05, 4.69) is 4.98 Å². The number of alkyl halides is 3. The summed E-state index contributed by atoms with van der Waals surface area (Å²) in [5.41, 5.74) is -0.223. The van der Waals surface area contributed by atoms with Gasteiger partial charge in [0.25, 0.3) is 0 Å². The monoisotopic (exact) mass is 457 g/mol. The molecule has 33 heavy (non-hydrogen) atoms. The van der Waals surface area contributed by atoms with E-state index in [1.807, 2.05) is 6.07 Å². The number of fused-ring (bicyclic) bond motifs is 1. The van der Waals surface area contributed by atoms with Crippen LogP contribution < -0.4 is 0 Å². The lowest BCUT2D eigenvalue weighted by atomic mass is 9.96. The zero-order chi connectivity index (χ0) is 24.2. The lowest BCUT2D eigenvalue weighted by Crippen LogP contribution is -2.25. The molecular formula is C24H22F3N3O3. The third-order valence-electron chi connectivity index (χ3n) is 4.93. The molecule has 0 aliphatic heterocycles. The van der Waals surface area contributed by atoms with E-state index in [1.165, 1.54) is 12.1 Å². The van der Waals surface area contributed by atoms with Gasteiger partial charge in [-0.2, -0.15) is 18.4 Å². The molecule has 0 fully saturated rings. The number of rotatable bonds is 7. The molecule has 0 bridgehead atoms. The van der Waals surface area contributed by atoms with Gasteiger partial charge in [-0.25, -0.2) is 9.78 Å². The molecule has 3 rings (SSSR count). The summed E-state index contributed by atoms with van der Waals surface area (Å²) in [6, 6.07) is 10.3. The van der Waals surface area contributed by atoms with Crippen LogP contribution in [0, 0.1) is 16.7 Å². The molecule has 3 aromatic rings. The molecule has 0 atom stereocenters. The standard InChI is InChI=1S/C24H22F3N3O3/c1-23(2,14-31)15-33-22(32)17(11-28)10-18-13-30(21-20(18)7-4-8-29-21)12-16-5-3-6-19(9-16)24(25,26)27/h3-10,13,31H,12,14-15H2,1-2H3/b17-10+. The fourth-order valence-corrected chi connectivity index (χ4v) is 3.10. The Morgan fingerprint density at radius 2 is 2.03 bits per heavy atom. The molecule has 0 saturated heterocycles. The van der Waals surface area contributed by atoms with Crippen LogP contribution in [0.15, 0.2) is 54.4 Å². The average molecular weight is 457 g/mol. The number of nitriles is 1. The predicted octanol–water partition coefficient (Wildman–Crippen LogP) is 4.57. The van der Waals surface area contributed by atoms with Crippen LogP contribution in [0.1, 0.15) is 30.5 Å². The first-order valence-corrected chi connectivity index (χ1v) is 10.0. The SMILES string of the molecule is CC(C)(CO)COC(=O)/C(C#N)=C/c1cn(Cc2cccc(C(F)(F)F)c2)c2ncccc12. The van der Waals surface area contributed by atoms with E-state index in [-0.39, 0.29) is 25.3 Å². The number of pyridine rings is 1. The number of carbonyl (C=O) groups excluding carboxylic acids is 1. The Labute approximate surface area is 188 Å². The molecule has 0 saturated carbocycles. The van der Waals surface area contributed by atoms with Crippen LogP contribution in [0.2, 0.25) is 0 Å². The summed E-state index contributed by atoms with van der Waals surface area (Å²) in [6.45, 7) is 3.27. The zero-order valence-electron chi connectivity index (χ0n) is 18.1. The van der Waals surface area contributed by atoms with Crippen molar-refractivity contribution in [2.45, 2.75) is 26.6 Å². The maximum absolute atomic E-state index is 13.1. The van der Waals surface area contributed by atoms with Gasteiger partial charge in [0, 0.05) is 35.3 Å². The highest BCUT2D eigenvalue weighted by atomic mass is 19.4. The molecule has 0 aliphatic carbocycles. The molecule has 172 valence electrons. The molecule has 0 aliphatic rings. The van der Waals surface area contributed by atoms with E-state index in [0.717, 1.165) is 12.1 Å². The number of aliphatic hydroxyl groups excluding tert-OH is 1. The second kappa shape index (κ2) is 9.46. The molecule has 0 unspecified atom stereocenters. The lowest BCUT2D eigenvalue weighted by molar-refractivity contribution is -0.142. The van der Waals surface area contributed by atoms with E-state index in [0.29, 0.717) is 22.2 Å². The smallest absolute Gasteiger partial charge is 0.416 e. The number of esters is 1. The number of halogens is 3. The first-order chi connectivity index (χ1) is 15.5. The molecule has 0 radical (unpaired) electrons. The number of hydrogen-bond donors (Lipinski definition) is 1. The van der Waals surface area contributed by atoms with Crippen molar-refractivity contribution in [3.63, 3.8) is 0 Å². The van der Waals surface area contributed by atoms with Crippen molar-refractivity contribution in [2.24, 2.45) is 5.41 Å². The van der Waals surface area contributed by atoms with Crippen LogP contribution in [0.25, 0.3) is 17.1 Å². The van der Waals surface area contributed by atoms with Crippen LogP contribution in [-0.2, 0) is 22.3 Å². The zero-order valence-corrected chi connectivity index (χ0v) is 18.1. The third-order valence-corrected chi connectivity index (χ3v) is 4.93. The van der Waals surface area contributed by atoms with E-state index in [1.54, 1.807) is 49.0 Å². The highest BCUT2D eigenvalue weighted by molar-refractivity contribution is 6.00. The van der Waals surface area contributed by atoms with Gasteiger partial charge in [0.05, 0.1) is 18.8 Å². The highest BCUT2D eigenvalue weighted by Gasteiger charge is 2.30. The van der Waals surface area contributed by atoms with Gasteiger partial charge in [0.15, 0.2) is 0 Å². The van der Waals surface area contributed by atoms with Crippen molar-refractivity contribution >= 4 is 23.1 Å². The topological polar surface area (TPSA) is 88.1 Å². The second-order valence-corrected chi connectivity index (χ2v) is 8.35. The first kappa shape index (κ1) is 24.0. The third kappa shape index (κ3) is 5.79. The number of ether oxygens (including phenoxy) is 1. The van der Waals surface area contributed by atoms with Gasteiger partial charge in [-0.05, 0) is 35.9 Å². The summed E-state index contributed by atoms with van der Waals surface area (Å²) < 4.78 is 46.0. The van der Waals surface area contributed by atoms with Crippen LogP contribution in [0.4, 0.5) is 13.2 Å². The van der Waals surface area contributed by atoms with Crippen LogP contribution >= 0.6 is 0 Å². The number of nitrogens with zero attached hydrogens (tertiary/aromatic N) is 3. The fourth-order valence-electron chi connectivity index (χ4n) is 3.10. The van der Waals surface area contributed by atoms with Gasteiger partial charge in [0.2, 0.25) is 0 Å². The van der Waals surface area contributed by atoms with Crippen LogP contribution in [-0.4, -0.2) is 33.8 Å². The Morgan fingerprint density at radius 3 is 2.70 bits per heavy atom. The highest BCUT2D eigenvalue weighted by Crippen LogP contribution is 2.30. The van der Waals surface area contributed by atoms with Gasteiger partial charge in [-0.1, -0.05) is 26.0 Å². The minimum absolute atomic E-state index is 0.0692. The van der Waals surface area contributed by atoms with Crippen molar-refractivity contribution < 1.29 is 27.8 Å². The van der Waals surface area contributed by atoms with Crippen molar-refractivity contribution in [1.29, 1.82) is 5.26 Å². The van der Waals surface area contributed by atoms with Crippen LogP contribution in [0.5, 0.6) is 0 Å². The molecule has 0 spiro atoms. The number of benzene rings is 1. The number of aromatic nitrogens is 2. The molecule has 1 N–H and O–H groups in total. The van der Waals surface area contributed by atoms with Crippen molar-refractivity contribution in [3.05, 3.63) is 71.1 Å². The fraction of sp³-hybridized carbons (Fsp3) is 0.292. The maximum atomic E-state index is 13.1. The summed E-state index contributed by atoms with van der Waals surface area (Å²) >= 11 is 0. The Balaban J connectivity index is 1.94. The Morgan fingerprint density at radius 1 is 1.27 bits per heavy atom. The van der Waals surface area contributed by atoms with E-state index in [9.17, 15) is 28.3 Å². The van der Waals surface area contributed by atoms with Gasteiger partial charge < -0.3 is 14.4 Å². The van der Waals surface area contributed by atoms with Gasteiger partial charge >= 0.3 is 12.1 Å². The minimum atomic E-state index is -4.45. The van der Waals surface area contributed by atoms with Crippen molar-refractivity contribution in [2.75, 3.05) is 13.2 Å². The Hall–Kier alpha value is -3.64. The molecule has 9 heteroatoms. The quantitative estimate of drug-likeness (QED) is 0.319. The normalized spacial score (nSPS) is 12.6. The van der Waals surface area contributed by atoms with Crippen LogP contribution in [0.3, 0.4) is 0 Å². The summed E-state index contributed by atoms with van der Waals surface area (Å²) in [7, 11) is 0. The van der Waals surface area contributed by atoms with Gasteiger partial charge in [-0.3, -0.25) is 0 Å². The summed E-state index contributed by atoms with van der Waals surface area (Å²) in [4.78, 5) is 16.7. The molecule has 6 nitrogen and oxygen atoms in total. The number of carbonyl (C=O) groups is 1. The average Bonchev–Trinajstić information content (AvgIpc) is 3.12. The molecular weight excluding hydrogens is 435 g/mol.